The molecule has 1 saturated carbocycles. The minimum absolute atomic E-state index is 0.0612. The molecule has 0 bridgehead atoms. The molecule has 1 aliphatic carbocycles. The molecule has 8 nitrogen and oxygen atoms in total. The van der Waals surface area contributed by atoms with E-state index in [1.54, 1.807) is 12.1 Å². The molecule has 1 unspecified atom stereocenters. The standard InChI is InChI=1S/C24H27N3O5/c28-14-19(29)13-25-23(30)17-7-5-15(6-8-17)16-9-11-18(12-10-16)26-24(31)22-20-3-1-2-4-21(20)27-32-22/h1-4,9-12,15,17,19,28-29H,5-8,13-14H2,(H,25,30)(H,26,31)/t15-,17+,19?. The first-order chi connectivity index (χ1) is 15.5. The van der Waals surface area contributed by atoms with Crippen LogP contribution in [0.25, 0.3) is 10.9 Å². The summed E-state index contributed by atoms with van der Waals surface area (Å²) >= 11 is 0. The van der Waals surface area contributed by atoms with Gasteiger partial charge in [0.1, 0.15) is 5.52 Å². The molecule has 1 fully saturated rings. The van der Waals surface area contributed by atoms with E-state index < -0.39 is 6.10 Å². The highest BCUT2D eigenvalue weighted by Gasteiger charge is 2.27. The predicted molar refractivity (Wildman–Crippen MR) is 119 cm³/mol. The summed E-state index contributed by atoms with van der Waals surface area (Å²) in [7, 11) is 0. The van der Waals surface area contributed by atoms with E-state index in [0.29, 0.717) is 22.5 Å². The third-order valence-electron chi connectivity index (χ3n) is 6.05. The second-order valence-corrected chi connectivity index (χ2v) is 8.24. The summed E-state index contributed by atoms with van der Waals surface area (Å²) in [6.45, 7) is -0.287. The molecule has 168 valence electrons. The molecule has 1 aliphatic rings. The molecule has 1 aromatic heterocycles. The van der Waals surface area contributed by atoms with Gasteiger partial charge in [-0.3, -0.25) is 9.59 Å². The van der Waals surface area contributed by atoms with E-state index in [9.17, 15) is 14.7 Å². The van der Waals surface area contributed by atoms with Gasteiger partial charge < -0.3 is 25.4 Å². The smallest absolute Gasteiger partial charge is 0.294 e. The molecule has 0 spiro atoms. The predicted octanol–water partition coefficient (Wildman–Crippen LogP) is 2.82. The highest BCUT2D eigenvalue weighted by molar-refractivity contribution is 6.10. The zero-order valence-corrected chi connectivity index (χ0v) is 17.7. The van der Waals surface area contributed by atoms with Crippen LogP contribution in [0.5, 0.6) is 0 Å². The van der Waals surface area contributed by atoms with Gasteiger partial charge in [-0.1, -0.05) is 29.4 Å². The van der Waals surface area contributed by atoms with Gasteiger partial charge in [0.2, 0.25) is 11.7 Å². The van der Waals surface area contributed by atoms with Crippen LogP contribution < -0.4 is 10.6 Å². The van der Waals surface area contributed by atoms with Crippen LogP contribution in [-0.4, -0.2) is 46.4 Å². The van der Waals surface area contributed by atoms with Crippen LogP contribution >= 0.6 is 0 Å². The first-order valence-electron chi connectivity index (χ1n) is 10.9. The van der Waals surface area contributed by atoms with Crippen molar-refractivity contribution in [3.63, 3.8) is 0 Å². The van der Waals surface area contributed by atoms with Crippen molar-refractivity contribution in [2.24, 2.45) is 5.92 Å². The lowest BCUT2D eigenvalue weighted by atomic mass is 9.78. The molecule has 1 heterocycles. The second-order valence-electron chi connectivity index (χ2n) is 8.24. The van der Waals surface area contributed by atoms with Gasteiger partial charge in [0.25, 0.3) is 5.91 Å². The lowest BCUT2D eigenvalue weighted by molar-refractivity contribution is -0.126. The number of aliphatic hydroxyl groups excluding tert-OH is 2. The number of hydrogen-bond donors (Lipinski definition) is 4. The van der Waals surface area contributed by atoms with E-state index in [2.05, 4.69) is 15.8 Å². The molecule has 0 aliphatic heterocycles. The fourth-order valence-corrected chi connectivity index (χ4v) is 4.20. The van der Waals surface area contributed by atoms with Crippen molar-refractivity contribution in [3.05, 3.63) is 59.9 Å². The number of amides is 2. The van der Waals surface area contributed by atoms with Gasteiger partial charge in [-0.25, -0.2) is 0 Å². The average Bonchev–Trinajstić information content (AvgIpc) is 3.27. The highest BCUT2D eigenvalue weighted by Crippen LogP contribution is 2.36. The van der Waals surface area contributed by atoms with Crippen molar-refractivity contribution in [1.82, 2.24) is 10.5 Å². The maximum absolute atomic E-state index is 12.6. The molecule has 2 aromatic carbocycles. The molecule has 32 heavy (non-hydrogen) atoms. The van der Waals surface area contributed by atoms with Crippen molar-refractivity contribution >= 4 is 28.4 Å². The summed E-state index contributed by atoms with van der Waals surface area (Å²) in [4.78, 5) is 24.8. The number of nitrogens with one attached hydrogen (secondary N) is 2. The molecule has 0 saturated heterocycles. The van der Waals surface area contributed by atoms with Gasteiger partial charge in [0.05, 0.1) is 18.1 Å². The summed E-state index contributed by atoms with van der Waals surface area (Å²) in [5.41, 5.74) is 2.50. The Balaban J connectivity index is 1.30. The Kier molecular flexibility index (Phi) is 6.82. The third kappa shape index (κ3) is 4.98. The Hall–Kier alpha value is -3.23. The van der Waals surface area contributed by atoms with E-state index in [4.69, 9.17) is 9.63 Å². The Morgan fingerprint density at radius 3 is 2.50 bits per heavy atom. The first-order valence-corrected chi connectivity index (χ1v) is 10.9. The Morgan fingerprint density at radius 1 is 1.06 bits per heavy atom. The van der Waals surface area contributed by atoms with Gasteiger partial charge >= 0.3 is 0 Å². The average molecular weight is 437 g/mol. The van der Waals surface area contributed by atoms with Crippen molar-refractivity contribution in [2.45, 2.75) is 37.7 Å². The molecule has 1 atom stereocenters. The van der Waals surface area contributed by atoms with Crippen LogP contribution in [-0.2, 0) is 4.79 Å². The number of benzene rings is 2. The summed E-state index contributed by atoms with van der Waals surface area (Å²) in [6.07, 6.45) is 2.44. The quantitative estimate of drug-likeness (QED) is 0.451. The maximum Gasteiger partial charge on any atom is 0.294 e. The molecule has 4 N–H and O–H groups in total. The number of aromatic nitrogens is 1. The van der Waals surface area contributed by atoms with Crippen molar-refractivity contribution in [2.75, 3.05) is 18.5 Å². The minimum Gasteiger partial charge on any atom is -0.394 e. The molecule has 0 radical (unpaired) electrons. The van der Waals surface area contributed by atoms with E-state index in [0.717, 1.165) is 25.7 Å². The highest BCUT2D eigenvalue weighted by atomic mass is 16.5. The molecular weight excluding hydrogens is 410 g/mol. The topological polar surface area (TPSA) is 125 Å². The van der Waals surface area contributed by atoms with E-state index >= 15 is 0 Å². The van der Waals surface area contributed by atoms with Gasteiger partial charge in [0.15, 0.2) is 0 Å². The van der Waals surface area contributed by atoms with E-state index in [1.807, 2.05) is 36.4 Å². The summed E-state index contributed by atoms with van der Waals surface area (Å²) in [6, 6.07) is 15.0. The van der Waals surface area contributed by atoms with Gasteiger partial charge in [-0.15, -0.1) is 0 Å². The number of hydrogen-bond acceptors (Lipinski definition) is 6. The summed E-state index contributed by atoms with van der Waals surface area (Å²) in [5.74, 6) is 0.0866. The number of anilines is 1. The zero-order chi connectivity index (χ0) is 22.5. The van der Waals surface area contributed by atoms with Crippen molar-refractivity contribution in [3.8, 4) is 0 Å². The number of carbonyl (C=O) groups is 2. The fourth-order valence-electron chi connectivity index (χ4n) is 4.20. The van der Waals surface area contributed by atoms with Crippen LogP contribution in [0, 0.1) is 5.92 Å². The van der Waals surface area contributed by atoms with Crippen LogP contribution in [0.4, 0.5) is 5.69 Å². The number of carbonyl (C=O) groups excluding carboxylic acids is 2. The normalized spacial score (nSPS) is 19.4. The largest absolute Gasteiger partial charge is 0.394 e. The van der Waals surface area contributed by atoms with Crippen LogP contribution in [0.2, 0.25) is 0 Å². The molecule has 8 heteroatoms. The van der Waals surface area contributed by atoms with Crippen molar-refractivity contribution < 1.29 is 24.3 Å². The van der Waals surface area contributed by atoms with Crippen LogP contribution in [0.15, 0.2) is 53.1 Å². The summed E-state index contributed by atoms with van der Waals surface area (Å²) in [5, 5.41) is 28.4. The molecule has 4 rings (SSSR count). The maximum atomic E-state index is 12.6. The SMILES string of the molecule is O=C(Nc1ccc([C@H]2CC[C@@H](C(=O)NCC(O)CO)CC2)cc1)c1onc2ccccc12. The third-order valence-corrected chi connectivity index (χ3v) is 6.05. The lowest BCUT2D eigenvalue weighted by Crippen LogP contribution is -2.38. The molecule has 2 amide bonds. The number of aliphatic hydroxyl groups is 2. The van der Waals surface area contributed by atoms with E-state index in [1.165, 1.54) is 5.56 Å². The van der Waals surface area contributed by atoms with Gasteiger partial charge in [-0.2, -0.15) is 0 Å². The number of rotatable bonds is 7. The zero-order valence-electron chi connectivity index (χ0n) is 17.7. The Morgan fingerprint density at radius 2 is 1.78 bits per heavy atom. The fraction of sp³-hybridized carbons (Fsp3) is 0.375. The monoisotopic (exact) mass is 437 g/mol. The van der Waals surface area contributed by atoms with Crippen LogP contribution in [0.3, 0.4) is 0 Å². The van der Waals surface area contributed by atoms with Crippen molar-refractivity contribution in [1.29, 1.82) is 0 Å². The Labute approximate surface area is 185 Å². The second kappa shape index (κ2) is 9.93. The summed E-state index contributed by atoms with van der Waals surface area (Å²) < 4.78 is 5.21. The molecule has 3 aromatic rings. The number of fused-ring (bicyclic) bond motifs is 1. The first kappa shape index (κ1) is 22.0. The minimum atomic E-state index is -0.919. The number of nitrogens with zero attached hydrogens (tertiary/aromatic N) is 1. The molecular formula is C24H27N3O5. The van der Waals surface area contributed by atoms with Crippen LogP contribution in [0.1, 0.15) is 47.7 Å². The van der Waals surface area contributed by atoms with Gasteiger partial charge in [-0.05, 0) is 61.4 Å². The Bertz CT molecular complexity index is 1070. The lowest BCUT2D eigenvalue weighted by Gasteiger charge is -2.28. The van der Waals surface area contributed by atoms with E-state index in [-0.39, 0.29) is 36.6 Å². The van der Waals surface area contributed by atoms with Gasteiger partial charge in [0, 0.05) is 18.2 Å².